The van der Waals surface area contributed by atoms with E-state index in [1.165, 1.54) is 0 Å². The van der Waals surface area contributed by atoms with Crippen molar-refractivity contribution < 1.29 is 19.1 Å². The van der Waals surface area contributed by atoms with Crippen molar-refractivity contribution in [2.45, 2.75) is 13.3 Å². The van der Waals surface area contributed by atoms with Crippen LogP contribution in [0, 0.1) is 6.92 Å². The highest BCUT2D eigenvalue weighted by Crippen LogP contribution is 2.38. The van der Waals surface area contributed by atoms with E-state index in [0.717, 1.165) is 15.6 Å². The zero-order valence-electron chi connectivity index (χ0n) is 15.9. The highest BCUT2D eigenvalue weighted by molar-refractivity contribution is 9.10. The summed E-state index contributed by atoms with van der Waals surface area (Å²) in [6.07, 6.45) is 1.80. The largest absolute Gasteiger partial charge is 0.452 e. The zero-order valence-corrected chi connectivity index (χ0v) is 18.3. The first kappa shape index (κ1) is 20.4. The van der Waals surface area contributed by atoms with Crippen LogP contribution in [0.4, 0.5) is 0 Å². The Bertz CT molecular complexity index is 1180. The van der Waals surface area contributed by atoms with Gasteiger partial charge in [-0.05, 0) is 54.0 Å². The van der Waals surface area contributed by atoms with Crippen molar-refractivity contribution in [2.75, 3.05) is 0 Å². The molecule has 30 heavy (non-hydrogen) atoms. The number of ether oxygens (including phenoxy) is 2. The molecule has 0 unspecified atom stereocenters. The molecule has 150 valence electrons. The average Bonchev–Trinajstić information content (AvgIpc) is 3.01. The second kappa shape index (κ2) is 8.46. The van der Waals surface area contributed by atoms with Gasteiger partial charge in [0.15, 0.2) is 5.76 Å². The van der Waals surface area contributed by atoms with Crippen LogP contribution in [-0.4, -0.2) is 11.8 Å². The lowest BCUT2D eigenvalue weighted by atomic mass is 10.0. The molecule has 3 aromatic carbocycles. The number of allylic oxidation sites excluding steroid dienone is 1. The predicted molar refractivity (Wildman–Crippen MR) is 119 cm³/mol. The molecule has 0 aliphatic carbocycles. The van der Waals surface area contributed by atoms with Crippen LogP contribution < -0.4 is 9.47 Å². The van der Waals surface area contributed by atoms with E-state index in [4.69, 9.17) is 21.1 Å². The SMILES string of the molecule is Cc1cc(OC(=O)Cc2ccc(Cl)cc2)cc2c1C(=O)/C(=C/c1ccccc1Br)O2. The van der Waals surface area contributed by atoms with E-state index in [2.05, 4.69) is 15.9 Å². The Morgan fingerprint density at radius 2 is 1.87 bits per heavy atom. The molecule has 0 aromatic heterocycles. The van der Waals surface area contributed by atoms with Crippen molar-refractivity contribution in [1.82, 2.24) is 0 Å². The van der Waals surface area contributed by atoms with Gasteiger partial charge in [0, 0.05) is 15.6 Å². The van der Waals surface area contributed by atoms with Gasteiger partial charge in [-0.1, -0.05) is 57.9 Å². The van der Waals surface area contributed by atoms with Gasteiger partial charge in [-0.25, -0.2) is 0 Å². The summed E-state index contributed by atoms with van der Waals surface area (Å²) in [6.45, 7) is 1.79. The summed E-state index contributed by atoms with van der Waals surface area (Å²) in [7, 11) is 0. The molecule has 0 spiro atoms. The molecule has 1 heterocycles. The number of benzene rings is 3. The second-order valence-electron chi connectivity index (χ2n) is 6.85. The minimum absolute atomic E-state index is 0.111. The van der Waals surface area contributed by atoms with Crippen molar-refractivity contribution >= 4 is 45.4 Å². The summed E-state index contributed by atoms with van der Waals surface area (Å²) in [5, 5.41) is 0.606. The molecule has 1 aliphatic rings. The molecule has 4 nitrogen and oxygen atoms in total. The lowest BCUT2D eigenvalue weighted by Crippen LogP contribution is -2.11. The fourth-order valence-electron chi connectivity index (χ4n) is 3.21. The summed E-state index contributed by atoms with van der Waals surface area (Å²) in [5.41, 5.74) is 2.79. The number of hydrogen-bond donors (Lipinski definition) is 0. The van der Waals surface area contributed by atoms with Gasteiger partial charge < -0.3 is 9.47 Å². The van der Waals surface area contributed by atoms with Gasteiger partial charge in [-0.2, -0.15) is 0 Å². The van der Waals surface area contributed by atoms with Crippen molar-refractivity contribution in [3.05, 3.63) is 98.2 Å². The number of rotatable bonds is 4. The molecule has 3 aromatic rings. The van der Waals surface area contributed by atoms with E-state index < -0.39 is 5.97 Å². The number of aryl methyl sites for hydroxylation is 1. The molecule has 4 rings (SSSR count). The maximum atomic E-state index is 12.8. The van der Waals surface area contributed by atoms with Gasteiger partial charge in [0.1, 0.15) is 11.5 Å². The standard InChI is InChI=1S/C24H16BrClO4/c1-14-10-18(29-22(27)11-15-6-8-17(26)9-7-15)13-20-23(14)24(28)21(30-20)12-16-4-2-3-5-19(16)25/h2-10,12-13H,11H2,1H3/b21-12-. The number of ketones is 1. The first-order valence-corrected chi connectivity index (χ1v) is 10.4. The van der Waals surface area contributed by atoms with Crippen LogP contribution >= 0.6 is 27.5 Å². The summed E-state index contributed by atoms with van der Waals surface area (Å²) >= 11 is 9.33. The van der Waals surface area contributed by atoms with Crippen LogP contribution in [0.25, 0.3) is 6.08 Å². The quantitative estimate of drug-likeness (QED) is 0.253. The van der Waals surface area contributed by atoms with Crippen LogP contribution in [0.5, 0.6) is 11.5 Å². The maximum absolute atomic E-state index is 12.8. The van der Waals surface area contributed by atoms with Gasteiger partial charge in [0.25, 0.3) is 0 Å². The van der Waals surface area contributed by atoms with Gasteiger partial charge >= 0.3 is 5.97 Å². The Balaban J connectivity index is 1.54. The molecule has 0 saturated carbocycles. The van der Waals surface area contributed by atoms with E-state index in [1.54, 1.807) is 49.4 Å². The van der Waals surface area contributed by atoms with Crippen molar-refractivity contribution in [2.24, 2.45) is 0 Å². The number of hydrogen-bond acceptors (Lipinski definition) is 4. The van der Waals surface area contributed by atoms with Crippen molar-refractivity contribution in [3.8, 4) is 11.5 Å². The van der Waals surface area contributed by atoms with Crippen LogP contribution in [0.1, 0.15) is 27.0 Å². The van der Waals surface area contributed by atoms with Crippen LogP contribution in [-0.2, 0) is 11.2 Å². The maximum Gasteiger partial charge on any atom is 0.315 e. The Hall–Kier alpha value is -2.89. The van der Waals surface area contributed by atoms with Gasteiger partial charge in [0.05, 0.1) is 12.0 Å². The molecule has 1 aliphatic heterocycles. The molecule has 0 atom stereocenters. The predicted octanol–water partition coefficient (Wildman–Crippen LogP) is 6.18. The minimum atomic E-state index is -0.412. The number of halogens is 2. The summed E-state index contributed by atoms with van der Waals surface area (Å²) in [5.74, 6) is 0.333. The van der Waals surface area contributed by atoms with Crippen LogP contribution in [0.15, 0.2) is 70.9 Å². The lowest BCUT2D eigenvalue weighted by molar-refractivity contribution is -0.133. The zero-order chi connectivity index (χ0) is 21.3. The van der Waals surface area contributed by atoms with E-state index in [0.29, 0.717) is 27.6 Å². The molecule has 6 heteroatoms. The molecule has 0 saturated heterocycles. The second-order valence-corrected chi connectivity index (χ2v) is 8.14. The number of carbonyl (C=O) groups is 2. The fourth-order valence-corrected chi connectivity index (χ4v) is 3.73. The number of fused-ring (bicyclic) bond motifs is 1. The summed E-state index contributed by atoms with van der Waals surface area (Å²) in [6, 6.07) is 17.8. The van der Waals surface area contributed by atoms with Gasteiger partial charge in [0.2, 0.25) is 5.78 Å². The molecule has 0 radical (unpaired) electrons. The molecule has 0 N–H and O–H groups in total. The first-order chi connectivity index (χ1) is 14.4. The Morgan fingerprint density at radius 3 is 2.60 bits per heavy atom. The third-order valence-electron chi connectivity index (χ3n) is 4.63. The number of carbonyl (C=O) groups excluding carboxylic acids is 2. The Morgan fingerprint density at radius 1 is 1.13 bits per heavy atom. The van der Waals surface area contributed by atoms with E-state index in [1.807, 2.05) is 24.3 Å². The highest BCUT2D eigenvalue weighted by atomic mass is 79.9. The Kier molecular flexibility index (Phi) is 5.75. The molecule has 0 bridgehead atoms. The smallest absolute Gasteiger partial charge is 0.315 e. The van der Waals surface area contributed by atoms with E-state index >= 15 is 0 Å². The minimum Gasteiger partial charge on any atom is -0.452 e. The third-order valence-corrected chi connectivity index (χ3v) is 5.60. The molecule has 0 fully saturated rings. The van der Waals surface area contributed by atoms with E-state index in [9.17, 15) is 9.59 Å². The van der Waals surface area contributed by atoms with Crippen molar-refractivity contribution in [1.29, 1.82) is 0 Å². The summed E-state index contributed by atoms with van der Waals surface area (Å²) < 4.78 is 12.1. The number of esters is 1. The lowest BCUT2D eigenvalue weighted by Gasteiger charge is -2.08. The normalized spacial score (nSPS) is 13.8. The third kappa shape index (κ3) is 4.32. The average molecular weight is 484 g/mol. The first-order valence-electron chi connectivity index (χ1n) is 9.19. The highest BCUT2D eigenvalue weighted by Gasteiger charge is 2.30. The topological polar surface area (TPSA) is 52.6 Å². The van der Waals surface area contributed by atoms with Crippen LogP contribution in [0.3, 0.4) is 0 Å². The fraction of sp³-hybridized carbons (Fsp3) is 0.0833. The van der Waals surface area contributed by atoms with Crippen molar-refractivity contribution in [3.63, 3.8) is 0 Å². The van der Waals surface area contributed by atoms with Gasteiger partial charge in [-0.3, -0.25) is 9.59 Å². The van der Waals surface area contributed by atoms with Gasteiger partial charge in [-0.15, -0.1) is 0 Å². The Labute approximate surface area is 187 Å². The van der Waals surface area contributed by atoms with Crippen LogP contribution in [0.2, 0.25) is 5.02 Å². The van der Waals surface area contributed by atoms with E-state index in [-0.39, 0.29) is 18.0 Å². The monoisotopic (exact) mass is 482 g/mol. The summed E-state index contributed by atoms with van der Waals surface area (Å²) in [4.78, 5) is 25.1. The molecular weight excluding hydrogens is 468 g/mol. The molecular formula is C24H16BrClO4. The number of Topliss-reactive ketones (excluding diaryl/α,β-unsaturated/α-hetero) is 1. The molecule has 0 amide bonds.